The fraction of sp³-hybridized carbons (Fsp3) is 0.803. The van der Waals surface area contributed by atoms with Crippen LogP contribution in [0.2, 0.25) is 0 Å². The van der Waals surface area contributed by atoms with Gasteiger partial charge in [-0.25, -0.2) is 0 Å². The molecule has 0 saturated carbocycles. The zero-order chi connectivity index (χ0) is 52.4. The fourth-order valence-electron chi connectivity index (χ4n) is 8.93. The van der Waals surface area contributed by atoms with Gasteiger partial charge in [0.15, 0.2) is 6.29 Å². The Balaban J connectivity index is 2.07. The third-order valence-corrected chi connectivity index (χ3v) is 13.6. The summed E-state index contributed by atoms with van der Waals surface area (Å²) >= 11 is 0. The molecule has 0 spiro atoms. The number of ether oxygens (including phenoxy) is 3. The van der Waals surface area contributed by atoms with Gasteiger partial charge in [-0.05, 0) is 83.5 Å². The maximum Gasteiger partial charge on any atom is 0.305 e. The molecule has 7 unspecified atom stereocenters. The Hall–Kier alpha value is -2.64. The zero-order valence-corrected chi connectivity index (χ0v) is 45.9. The number of esters is 1. The Morgan fingerprint density at radius 1 is 0.528 bits per heavy atom. The number of unbranched alkanes of at least 4 members (excludes halogenated alkanes) is 29. The summed E-state index contributed by atoms with van der Waals surface area (Å²) in [6, 6.07) is -0.842. The number of carbonyl (C=O) groups is 2. The van der Waals surface area contributed by atoms with Crippen molar-refractivity contribution in [2.45, 2.75) is 294 Å². The van der Waals surface area contributed by atoms with Crippen LogP contribution in [-0.4, -0.2) is 100 Å². The monoisotopic (exact) mass is 1020 g/mol. The normalized spacial score (nSPS) is 19.5. The number of hydrogen-bond acceptors (Lipinski definition) is 10. The summed E-state index contributed by atoms with van der Waals surface area (Å²) in [6.07, 6.45) is 54.8. The van der Waals surface area contributed by atoms with E-state index in [9.17, 15) is 35.1 Å². The van der Waals surface area contributed by atoms with Gasteiger partial charge in [0.25, 0.3) is 0 Å². The van der Waals surface area contributed by atoms with Crippen molar-refractivity contribution in [1.82, 2.24) is 5.32 Å². The lowest BCUT2D eigenvalue weighted by Crippen LogP contribution is -2.60. The van der Waals surface area contributed by atoms with E-state index in [0.29, 0.717) is 25.9 Å². The first-order valence-corrected chi connectivity index (χ1v) is 29.6. The molecule has 1 heterocycles. The summed E-state index contributed by atoms with van der Waals surface area (Å²) in [5.41, 5.74) is 0. The Morgan fingerprint density at radius 3 is 1.50 bits per heavy atom. The van der Waals surface area contributed by atoms with Crippen molar-refractivity contribution in [1.29, 1.82) is 0 Å². The minimum atomic E-state index is -1.58. The third-order valence-electron chi connectivity index (χ3n) is 13.6. The Morgan fingerprint density at radius 2 is 0.986 bits per heavy atom. The number of allylic oxidation sites excluding steroid dienone is 9. The van der Waals surface area contributed by atoms with E-state index in [1.807, 2.05) is 6.08 Å². The molecule has 1 saturated heterocycles. The largest absolute Gasteiger partial charge is 0.466 e. The predicted octanol–water partition coefficient (Wildman–Crippen LogP) is 13.4. The van der Waals surface area contributed by atoms with Gasteiger partial charge >= 0.3 is 5.97 Å². The number of aliphatic hydroxyl groups excluding tert-OH is 5. The van der Waals surface area contributed by atoms with E-state index >= 15 is 0 Å². The smallest absolute Gasteiger partial charge is 0.305 e. The van der Waals surface area contributed by atoms with Crippen molar-refractivity contribution in [2.24, 2.45) is 0 Å². The van der Waals surface area contributed by atoms with E-state index in [4.69, 9.17) is 14.2 Å². The fourth-order valence-corrected chi connectivity index (χ4v) is 8.93. The molecule has 1 fully saturated rings. The van der Waals surface area contributed by atoms with Crippen molar-refractivity contribution in [3.05, 3.63) is 60.8 Å². The summed E-state index contributed by atoms with van der Waals surface area (Å²) in [7, 11) is 0. The molecule has 11 nitrogen and oxygen atoms in total. The molecule has 1 aliphatic heterocycles. The highest BCUT2D eigenvalue weighted by Crippen LogP contribution is 2.23. The number of rotatable bonds is 50. The highest BCUT2D eigenvalue weighted by Gasteiger charge is 2.44. The molecule has 1 aliphatic rings. The molecular weight excluding hydrogens is 907 g/mol. The maximum atomic E-state index is 13.0. The molecule has 7 atom stereocenters. The molecule has 0 aromatic heterocycles. The summed E-state index contributed by atoms with van der Waals surface area (Å²) in [4.78, 5) is 25.0. The highest BCUT2D eigenvalue weighted by molar-refractivity contribution is 5.76. The van der Waals surface area contributed by atoms with E-state index in [0.717, 1.165) is 96.3 Å². The summed E-state index contributed by atoms with van der Waals surface area (Å²) in [6.45, 7) is 4.15. The van der Waals surface area contributed by atoms with Gasteiger partial charge in [0.1, 0.15) is 24.4 Å². The molecule has 72 heavy (non-hydrogen) atoms. The minimum absolute atomic E-state index is 0.0272. The van der Waals surface area contributed by atoms with Crippen LogP contribution >= 0.6 is 0 Å². The van der Waals surface area contributed by atoms with Crippen LogP contribution in [0.5, 0.6) is 0 Å². The second-order valence-corrected chi connectivity index (χ2v) is 20.3. The number of amides is 1. The number of aliphatic hydroxyl groups is 5. The lowest BCUT2D eigenvalue weighted by Gasteiger charge is -2.40. The van der Waals surface area contributed by atoms with E-state index in [-0.39, 0.29) is 18.5 Å². The molecule has 0 aromatic rings. The topological polar surface area (TPSA) is 175 Å². The molecule has 0 aromatic carbocycles. The predicted molar refractivity (Wildman–Crippen MR) is 296 cm³/mol. The van der Waals surface area contributed by atoms with Crippen LogP contribution < -0.4 is 5.32 Å². The van der Waals surface area contributed by atoms with Crippen molar-refractivity contribution in [2.75, 3.05) is 19.8 Å². The Bertz CT molecular complexity index is 1380. The van der Waals surface area contributed by atoms with Gasteiger partial charge < -0.3 is 45.1 Å². The molecule has 0 bridgehead atoms. The zero-order valence-electron chi connectivity index (χ0n) is 45.9. The first-order valence-electron chi connectivity index (χ1n) is 29.6. The summed E-state index contributed by atoms with van der Waals surface area (Å²) < 4.78 is 16.6. The second-order valence-electron chi connectivity index (χ2n) is 20.3. The molecule has 0 aliphatic carbocycles. The SMILES string of the molecule is CC/C=C/CC/C=C/CC/C=C/C(O)C(COC1OC(CO)C(O)C(O)C1O)NC(=O)CCCCCCCCCCCC/C=C\C=C/CCCCCOC(=O)CCCCCCCCCCCCCCCCC. The number of hydrogen-bond donors (Lipinski definition) is 6. The van der Waals surface area contributed by atoms with E-state index in [1.54, 1.807) is 6.08 Å². The molecule has 0 radical (unpaired) electrons. The maximum absolute atomic E-state index is 13.0. The van der Waals surface area contributed by atoms with Gasteiger partial charge in [-0.2, -0.15) is 0 Å². The molecule has 418 valence electrons. The molecule has 1 rings (SSSR count). The number of carbonyl (C=O) groups excluding carboxylic acids is 2. The van der Waals surface area contributed by atoms with Gasteiger partial charge in [0.2, 0.25) is 5.91 Å². The minimum Gasteiger partial charge on any atom is -0.466 e. The van der Waals surface area contributed by atoms with Gasteiger partial charge in [-0.1, -0.05) is 216 Å². The van der Waals surface area contributed by atoms with Crippen molar-refractivity contribution >= 4 is 11.9 Å². The highest BCUT2D eigenvalue weighted by atomic mass is 16.7. The first kappa shape index (κ1) is 67.4. The average Bonchev–Trinajstić information content (AvgIpc) is 3.38. The van der Waals surface area contributed by atoms with Crippen LogP contribution in [0, 0.1) is 0 Å². The summed E-state index contributed by atoms with van der Waals surface area (Å²) in [5.74, 6) is -0.237. The van der Waals surface area contributed by atoms with Gasteiger partial charge in [0, 0.05) is 12.8 Å². The van der Waals surface area contributed by atoms with Gasteiger partial charge in [-0.3, -0.25) is 9.59 Å². The van der Waals surface area contributed by atoms with Gasteiger partial charge in [-0.15, -0.1) is 0 Å². The van der Waals surface area contributed by atoms with Crippen LogP contribution in [0.25, 0.3) is 0 Å². The Kier molecular flexibility index (Phi) is 47.3. The van der Waals surface area contributed by atoms with E-state index in [2.05, 4.69) is 67.8 Å². The van der Waals surface area contributed by atoms with E-state index < -0.39 is 49.5 Å². The third kappa shape index (κ3) is 39.8. The van der Waals surface area contributed by atoms with Crippen LogP contribution in [0.4, 0.5) is 0 Å². The van der Waals surface area contributed by atoms with Crippen LogP contribution in [0.1, 0.15) is 251 Å². The van der Waals surface area contributed by atoms with Crippen molar-refractivity contribution in [3.63, 3.8) is 0 Å². The quantitative estimate of drug-likeness (QED) is 0.0149. The molecule has 6 N–H and O–H groups in total. The summed E-state index contributed by atoms with van der Waals surface area (Å²) in [5, 5.41) is 54.2. The second kappa shape index (κ2) is 50.5. The lowest BCUT2D eigenvalue weighted by molar-refractivity contribution is -0.302. The first-order chi connectivity index (χ1) is 35.2. The molecular formula is C61H109NO10. The van der Waals surface area contributed by atoms with Gasteiger partial charge in [0.05, 0.1) is 32.0 Å². The lowest BCUT2D eigenvalue weighted by atomic mass is 9.99. The van der Waals surface area contributed by atoms with Crippen molar-refractivity contribution in [3.8, 4) is 0 Å². The molecule has 11 heteroatoms. The Labute approximate surface area is 439 Å². The van der Waals surface area contributed by atoms with Crippen molar-refractivity contribution < 1.29 is 49.3 Å². The van der Waals surface area contributed by atoms with Crippen LogP contribution in [-0.2, 0) is 23.8 Å². The molecule has 1 amide bonds. The average molecular weight is 1020 g/mol. The van der Waals surface area contributed by atoms with E-state index in [1.165, 1.54) is 122 Å². The van der Waals surface area contributed by atoms with Crippen LogP contribution in [0.3, 0.4) is 0 Å². The van der Waals surface area contributed by atoms with Crippen LogP contribution in [0.15, 0.2) is 60.8 Å². The standard InChI is InChI=1S/C61H109NO10/c1-3-5-7-9-11-13-15-16-22-26-29-33-37-41-45-49-57(66)70-50-46-42-38-34-30-27-24-21-19-17-18-20-23-25-28-32-36-40-44-48-56(65)62-53(52-71-61-60(69)59(68)58(67)55(51-63)72-61)54(64)47-43-39-35-31-14-12-10-8-6-4-2/h6,8,14,21,24,27,30-31,43,47,53-55,58-61,63-64,67-69H,3-5,7,9-13,15-20,22-23,25-26,28-29,32-42,44-46,48-52H2,1-2H3,(H,62,65)/b8-6+,24-21-,30-27-,31-14+,47-43+. The number of nitrogens with one attached hydrogen (secondary N) is 1.